The van der Waals surface area contributed by atoms with Crippen LogP contribution in [0.5, 0.6) is 0 Å². The van der Waals surface area contributed by atoms with Gasteiger partial charge in [-0.2, -0.15) is 0 Å². The molecule has 0 amide bonds. The third-order valence-corrected chi connectivity index (χ3v) is 6.55. The summed E-state index contributed by atoms with van der Waals surface area (Å²) in [5.74, 6) is 2.35. The Morgan fingerprint density at radius 3 is 2.95 bits per heavy atom. The molecule has 0 unspecified atom stereocenters. The molecule has 0 saturated heterocycles. The summed E-state index contributed by atoms with van der Waals surface area (Å²) >= 11 is 0. The summed E-state index contributed by atoms with van der Waals surface area (Å²) in [7, 11) is 0. The normalized spacial score (nSPS) is 38.7. The third-order valence-electron chi connectivity index (χ3n) is 6.55. The van der Waals surface area contributed by atoms with E-state index in [1.165, 1.54) is 37.7 Å². The zero-order valence-electron chi connectivity index (χ0n) is 12.3. The van der Waals surface area contributed by atoms with Crippen molar-refractivity contribution < 1.29 is 5.11 Å². The molecule has 1 heteroatoms. The molecular weight excluding hydrogens is 244 g/mol. The van der Waals surface area contributed by atoms with Crippen LogP contribution in [0, 0.1) is 17.3 Å². The van der Waals surface area contributed by atoms with E-state index >= 15 is 0 Å². The fraction of sp³-hybridized carbons (Fsp3) is 0.579. The van der Waals surface area contributed by atoms with Gasteiger partial charge >= 0.3 is 0 Å². The van der Waals surface area contributed by atoms with Gasteiger partial charge in [-0.05, 0) is 72.0 Å². The molecule has 4 rings (SSSR count). The molecule has 0 spiro atoms. The standard InChI is InChI=1S/C19H24O/c1-19-11-10-16-15-5-3-2-4-13(15)6-8-17(16)18(19)9-7-14(19)12-20/h2-5,7,16-18,20H,6,8-12H2,1H3/t16-,17-,18+,19-/m1/s1. The lowest BCUT2D eigenvalue weighted by Crippen LogP contribution is -2.41. The first-order chi connectivity index (χ1) is 9.74. The van der Waals surface area contributed by atoms with Gasteiger partial charge in [0.05, 0.1) is 6.61 Å². The molecule has 1 aromatic rings. The van der Waals surface area contributed by atoms with Crippen molar-refractivity contribution in [2.24, 2.45) is 17.3 Å². The Hall–Kier alpha value is -1.08. The van der Waals surface area contributed by atoms with E-state index in [0.29, 0.717) is 0 Å². The molecule has 1 N–H and O–H groups in total. The van der Waals surface area contributed by atoms with E-state index in [1.807, 2.05) is 0 Å². The second-order valence-corrected chi connectivity index (χ2v) is 7.19. The molecule has 3 aliphatic rings. The van der Waals surface area contributed by atoms with Gasteiger partial charge in [0.15, 0.2) is 0 Å². The van der Waals surface area contributed by atoms with Crippen molar-refractivity contribution in [2.45, 2.75) is 44.9 Å². The summed E-state index contributed by atoms with van der Waals surface area (Å²) < 4.78 is 0. The molecular formula is C19H24O. The van der Waals surface area contributed by atoms with Crippen molar-refractivity contribution in [3.8, 4) is 0 Å². The van der Waals surface area contributed by atoms with Crippen LogP contribution < -0.4 is 0 Å². The van der Waals surface area contributed by atoms with E-state index in [0.717, 1.165) is 17.8 Å². The van der Waals surface area contributed by atoms with Crippen molar-refractivity contribution in [1.82, 2.24) is 0 Å². The van der Waals surface area contributed by atoms with Crippen LogP contribution in [0.15, 0.2) is 35.9 Å². The Bertz CT molecular complexity index is 559. The molecule has 1 saturated carbocycles. The Kier molecular flexibility index (Phi) is 2.82. The van der Waals surface area contributed by atoms with Crippen molar-refractivity contribution in [1.29, 1.82) is 0 Å². The van der Waals surface area contributed by atoms with Crippen LogP contribution in [-0.4, -0.2) is 11.7 Å². The fourth-order valence-electron chi connectivity index (χ4n) is 5.42. The van der Waals surface area contributed by atoms with E-state index in [2.05, 4.69) is 37.3 Å². The maximum absolute atomic E-state index is 9.66. The molecule has 1 aromatic carbocycles. The summed E-state index contributed by atoms with van der Waals surface area (Å²) in [5.41, 5.74) is 4.82. The van der Waals surface area contributed by atoms with Crippen molar-refractivity contribution in [3.05, 3.63) is 47.0 Å². The molecule has 1 nitrogen and oxygen atoms in total. The van der Waals surface area contributed by atoms with E-state index in [-0.39, 0.29) is 12.0 Å². The van der Waals surface area contributed by atoms with Gasteiger partial charge < -0.3 is 5.11 Å². The molecule has 4 atom stereocenters. The average Bonchev–Trinajstić information content (AvgIpc) is 2.83. The van der Waals surface area contributed by atoms with Crippen LogP contribution in [0.1, 0.15) is 49.7 Å². The van der Waals surface area contributed by atoms with Gasteiger partial charge in [-0.1, -0.05) is 37.3 Å². The number of allylic oxidation sites excluding steroid dienone is 1. The quantitative estimate of drug-likeness (QED) is 0.761. The van der Waals surface area contributed by atoms with Crippen LogP contribution in [0.4, 0.5) is 0 Å². The Labute approximate surface area is 121 Å². The largest absolute Gasteiger partial charge is 0.392 e. The SMILES string of the molecule is C[C@]12CC[C@@H]3c4ccccc4CC[C@H]3[C@@H]1CC=C2CO. The molecule has 0 bridgehead atoms. The number of hydrogen-bond acceptors (Lipinski definition) is 1. The first kappa shape index (κ1) is 12.6. The monoisotopic (exact) mass is 268 g/mol. The molecule has 0 aliphatic heterocycles. The number of benzene rings is 1. The van der Waals surface area contributed by atoms with Gasteiger partial charge in [0.2, 0.25) is 0 Å². The lowest BCUT2D eigenvalue weighted by molar-refractivity contribution is 0.0678. The summed E-state index contributed by atoms with van der Waals surface area (Å²) in [5, 5.41) is 9.66. The van der Waals surface area contributed by atoms with E-state index in [9.17, 15) is 5.11 Å². The maximum atomic E-state index is 9.66. The van der Waals surface area contributed by atoms with Gasteiger partial charge in [-0.15, -0.1) is 0 Å². The number of fused-ring (bicyclic) bond motifs is 5. The van der Waals surface area contributed by atoms with Gasteiger partial charge in [0.25, 0.3) is 0 Å². The highest BCUT2D eigenvalue weighted by molar-refractivity contribution is 5.36. The zero-order chi connectivity index (χ0) is 13.7. The third kappa shape index (κ3) is 1.59. The second kappa shape index (κ2) is 4.46. The van der Waals surface area contributed by atoms with Gasteiger partial charge in [-0.25, -0.2) is 0 Å². The number of aliphatic hydroxyl groups is 1. The molecule has 1 fully saturated rings. The Morgan fingerprint density at radius 1 is 1.25 bits per heavy atom. The van der Waals surface area contributed by atoms with Gasteiger partial charge in [0.1, 0.15) is 0 Å². The number of rotatable bonds is 1. The lowest BCUT2D eigenvalue weighted by atomic mass is 9.54. The average molecular weight is 268 g/mol. The molecule has 106 valence electrons. The minimum absolute atomic E-state index is 0.265. The minimum Gasteiger partial charge on any atom is -0.392 e. The number of aryl methyl sites for hydroxylation is 1. The fourth-order valence-corrected chi connectivity index (χ4v) is 5.42. The van der Waals surface area contributed by atoms with E-state index < -0.39 is 0 Å². The number of hydrogen-bond donors (Lipinski definition) is 1. The molecule has 0 aromatic heterocycles. The van der Waals surface area contributed by atoms with Crippen LogP contribution in [-0.2, 0) is 6.42 Å². The van der Waals surface area contributed by atoms with Crippen molar-refractivity contribution in [3.63, 3.8) is 0 Å². The highest BCUT2D eigenvalue weighted by atomic mass is 16.3. The molecule has 0 radical (unpaired) electrons. The maximum Gasteiger partial charge on any atom is 0.0647 e. The van der Waals surface area contributed by atoms with Gasteiger partial charge in [-0.3, -0.25) is 0 Å². The van der Waals surface area contributed by atoms with E-state index in [4.69, 9.17) is 0 Å². The van der Waals surface area contributed by atoms with Crippen LogP contribution in [0.2, 0.25) is 0 Å². The van der Waals surface area contributed by atoms with Crippen LogP contribution in [0.25, 0.3) is 0 Å². The second-order valence-electron chi connectivity index (χ2n) is 7.19. The Balaban J connectivity index is 1.70. The minimum atomic E-state index is 0.265. The zero-order valence-corrected chi connectivity index (χ0v) is 12.3. The Morgan fingerprint density at radius 2 is 2.10 bits per heavy atom. The van der Waals surface area contributed by atoms with Crippen molar-refractivity contribution in [2.75, 3.05) is 6.61 Å². The highest BCUT2D eigenvalue weighted by Gasteiger charge is 2.51. The highest BCUT2D eigenvalue weighted by Crippen LogP contribution is 2.60. The summed E-state index contributed by atoms with van der Waals surface area (Å²) in [4.78, 5) is 0. The molecule has 0 heterocycles. The van der Waals surface area contributed by atoms with Crippen LogP contribution >= 0.6 is 0 Å². The summed E-state index contributed by atoms with van der Waals surface area (Å²) in [6, 6.07) is 9.09. The van der Waals surface area contributed by atoms with Gasteiger partial charge in [0, 0.05) is 0 Å². The molecule has 3 aliphatic carbocycles. The number of aliphatic hydroxyl groups excluding tert-OH is 1. The summed E-state index contributed by atoms with van der Waals surface area (Å²) in [6.45, 7) is 2.67. The smallest absolute Gasteiger partial charge is 0.0647 e. The summed E-state index contributed by atoms with van der Waals surface area (Å²) in [6.07, 6.45) is 8.67. The van der Waals surface area contributed by atoms with Crippen molar-refractivity contribution >= 4 is 0 Å². The first-order valence-electron chi connectivity index (χ1n) is 8.12. The predicted molar refractivity (Wildman–Crippen MR) is 81.6 cm³/mol. The first-order valence-corrected chi connectivity index (χ1v) is 8.12. The lowest BCUT2D eigenvalue weighted by Gasteiger charge is -2.50. The van der Waals surface area contributed by atoms with E-state index in [1.54, 1.807) is 11.1 Å². The molecule has 20 heavy (non-hydrogen) atoms. The predicted octanol–water partition coefficient (Wildman–Crippen LogP) is 4.07. The topological polar surface area (TPSA) is 20.2 Å². The van der Waals surface area contributed by atoms with Crippen LogP contribution in [0.3, 0.4) is 0 Å².